The third-order valence-electron chi connectivity index (χ3n) is 4.41. The number of nitrogens with one attached hydrogen (secondary N) is 2. The molecule has 4 nitrogen and oxygen atoms in total. The second kappa shape index (κ2) is 9.51. The van der Waals surface area contributed by atoms with Crippen molar-refractivity contribution in [1.82, 2.24) is 20.5 Å². The van der Waals surface area contributed by atoms with Crippen molar-refractivity contribution in [3.05, 3.63) is 59.9 Å². The normalized spacial score (nSPS) is 10.8. The highest BCUT2D eigenvalue weighted by Crippen LogP contribution is 2.27. The molecular formula is C21H27ClN4. The quantitative estimate of drug-likeness (QED) is 0.575. The minimum absolute atomic E-state index is 0. The summed E-state index contributed by atoms with van der Waals surface area (Å²) in [5.41, 5.74) is 6.11. The molecule has 2 aromatic carbocycles. The van der Waals surface area contributed by atoms with E-state index in [2.05, 4.69) is 83.7 Å². The zero-order chi connectivity index (χ0) is 17.6. The van der Waals surface area contributed by atoms with Crippen LogP contribution in [-0.2, 0) is 6.54 Å². The molecule has 0 aliphatic rings. The molecule has 2 N–H and O–H groups in total. The van der Waals surface area contributed by atoms with E-state index in [-0.39, 0.29) is 12.4 Å². The van der Waals surface area contributed by atoms with Gasteiger partial charge >= 0.3 is 0 Å². The number of benzene rings is 2. The van der Waals surface area contributed by atoms with Crippen molar-refractivity contribution < 1.29 is 0 Å². The van der Waals surface area contributed by atoms with Gasteiger partial charge in [0.05, 0.1) is 0 Å². The molecule has 1 aromatic heterocycles. The Morgan fingerprint density at radius 2 is 1.77 bits per heavy atom. The van der Waals surface area contributed by atoms with E-state index in [1.54, 1.807) is 0 Å². The van der Waals surface area contributed by atoms with Crippen molar-refractivity contribution in [2.75, 3.05) is 6.54 Å². The molecule has 5 heteroatoms. The molecule has 3 rings (SSSR count). The van der Waals surface area contributed by atoms with Crippen LogP contribution in [0.2, 0.25) is 0 Å². The van der Waals surface area contributed by atoms with Crippen molar-refractivity contribution in [3.8, 4) is 22.5 Å². The molecule has 0 aliphatic carbocycles. The van der Waals surface area contributed by atoms with E-state index in [1.807, 2.05) is 0 Å². The Labute approximate surface area is 161 Å². The minimum atomic E-state index is 0. The van der Waals surface area contributed by atoms with E-state index in [1.165, 1.54) is 35.0 Å². The summed E-state index contributed by atoms with van der Waals surface area (Å²) in [5, 5.41) is 10.3. The molecule has 0 radical (unpaired) electrons. The van der Waals surface area contributed by atoms with E-state index in [0.717, 1.165) is 30.4 Å². The first kappa shape index (κ1) is 20.1. The van der Waals surface area contributed by atoms with Gasteiger partial charge in [-0.3, -0.25) is 5.10 Å². The van der Waals surface area contributed by atoms with Gasteiger partial charge in [-0.1, -0.05) is 50.2 Å². The molecule has 0 fully saturated rings. The smallest absolute Gasteiger partial charge is 0.155 e. The highest BCUT2D eigenvalue weighted by molar-refractivity contribution is 5.85. The van der Waals surface area contributed by atoms with Crippen LogP contribution in [0.4, 0.5) is 0 Å². The summed E-state index contributed by atoms with van der Waals surface area (Å²) in [4.78, 5) is 4.21. The van der Waals surface area contributed by atoms with E-state index in [4.69, 9.17) is 0 Å². The molecule has 0 spiro atoms. The van der Waals surface area contributed by atoms with E-state index >= 15 is 0 Å². The summed E-state index contributed by atoms with van der Waals surface area (Å²) < 4.78 is 0. The summed E-state index contributed by atoms with van der Waals surface area (Å²) in [6, 6.07) is 15.2. The summed E-state index contributed by atoms with van der Waals surface area (Å²) in [5.74, 6) is 1.55. The Kier molecular flexibility index (Phi) is 7.37. The minimum Gasteiger partial charge on any atom is -0.313 e. The molecule has 1 heterocycles. The Hall–Kier alpha value is -2.17. The van der Waals surface area contributed by atoms with Gasteiger partial charge in [-0.25, -0.2) is 4.98 Å². The van der Waals surface area contributed by atoms with Gasteiger partial charge in [0.15, 0.2) is 5.82 Å². The van der Waals surface area contributed by atoms with Crippen molar-refractivity contribution in [2.45, 2.75) is 33.7 Å². The number of nitrogens with zero attached hydrogens (tertiary/aromatic N) is 2. The lowest BCUT2D eigenvalue weighted by molar-refractivity contribution is 0.537. The average Bonchev–Trinajstić information content (AvgIpc) is 3.14. The Bertz CT molecular complexity index is 795. The van der Waals surface area contributed by atoms with E-state index in [9.17, 15) is 0 Å². The Morgan fingerprint density at radius 1 is 1.04 bits per heavy atom. The number of aromatic nitrogens is 3. The molecule has 138 valence electrons. The fourth-order valence-corrected chi connectivity index (χ4v) is 2.91. The second-order valence-electron chi connectivity index (χ2n) is 6.92. The number of rotatable bonds is 7. The van der Waals surface area contributed by atoms with Crippen LogP contribution in [0.15, 0.2) is 48.8 Å². The van der Waals surface area contributed by atoms with E-state index in [0.29, 0.717) is 0 Å². The second-order valence-corrected chi connectivity index (χ2v) is 6.92. The highest BCUT2D eigenvalue weighted by atomic mass is 35.5. The third kappa shape index (κ3) is 5.16. The van der Waals surface area contributed by atoms with Gasteiger partial charge < -0.3 is 5.32 Å². The topological polar surface area (TPSA) is 53.6 Å². The number of halogens is 1. The number of hydrogen-bond donors (Lipinski definition) is 2. The first-order chi connectivity index (χ1) is 12.1. The first-order valence-corrected chi connectivity index (χ1v) is 8.90. The van der Waals surface area contributed by atoms with Crippen molar-refractivity contribution in [3.63, 3.8) is 0 Å². The fraction of sp³-hybridized carbons (Fsp3) is 0.333. The first-order valence-electron chi connectivity index (χ1n) is 8.90. The van der Waals surface area contributed by atoms with Gasteiger partial charge in [-0.05, 0) is 54.1 Å². The van der Waals surface area contributed by atoms with Crippen LogP contribution < -0.4 is 5.32 Å². The number of aryl methyl sites for hydroxylation is 1. The molecule has 0 saturated heterocycles. The standard InChI is InChI=1S/C21H26N4.ClH/c1-15(2)10-11-22-13-17-4-6-18(7-5-17)20-9-8-19(12-16(20)3)21-23-14-24-25-21;/h4-9,12,14-15,22H,10-11,13H2,1-3H3,(H,23,24,25);1H. The van der Waals surface area contributed by atoms with Crippen LogP contribution in [0.1, 0.15) is 31.4 Å². The summed E-state index contributed by atoms with van der Waals surface area (Å²) in [7, 11) is 0. The van der Waals surface area contributed by atoms with Gasteiger partial charge in [0.2, 0.25) is 0 Å². The Balaban J connectivity index is 0.00000243. The lowest BCUT2D eigenvalue weighted by Gasteiger charge is -2.10. The van der Waals surface area contributed by atoms with E-state index < -0.39 is 0 Å². The van der Waals surface area contributed by atoms with Crippen molar-refractivity contribution in [2.24, 2.45) is 5.92 Å². The van der Waals surface area contributed by atoms with Crippen LogP contribution in [0, 0.1) is 12.8 Å². The molecule has 0 unspecified atom stereocenters. The molecule has 0 atom stereocenters. The van der Waals surface area contributed by atoms with Crippen LogP contribution in [0.25, 0.3) is 22.5 Å². The van der Waals surface area contributed by atoms with Crippen LogP contribution in [0.3, 0.4) is 0 Å². The molecule has 0 amide bonds. The maximum absolute atomic E-state index is 4.21. The van der Waals surface area contributed by atoms with Crippen molar-refractivity contribution >= 4 is 12.4 Å². The molecule has 0 bridgehead atoms. The summed E-state index contributed by atoms with van der Waals surface area (Å²) in [6.07, 6.45) is 2.75. The molecule has 3 aromatic rings. The van der Waals surface area contributed by atoms with Gasteiger partial charge in [0, 0.05) is 12.1 Å². The molecule has 0 aliphatic heterocycles. The lowest BCUT2D eigenvalue weighted by Crippen LogP contribution is -2.16. The highest BCUT2D eigenvalue weighted by Gasteiger charge is 2.06. The lowest BCUT2D eigenvalue weighted by atomic mass is 9.97. The monoisotopic (exact) mass is 370 g/mol. The van der Waals surface area contributed by atoms with Crippen LogP contribution >= 0.6 is 12.4 Å². The third-order valence-corrected chi connectivity index (χ3v) is 4.41. The number of aromatic amines is 1. The van der Waals surface area contributed by atoms with Gasteiger partial charge in [0.25, 0.3) is 0 Å². The summed E-state index contributed by atoms with van der Waals surface area (Å²) in [6.45, 7) is 8.65. The predicted octanol–water partition coefficient (Wildman–Crippen LogP) is 5.00. The SMILES string of the molecule is Cc1cc(-c2ncn[nH]2)ccc1-c1ccc(CNCCC(C)C)cc1.Cl. The largest absolute Gasteiger partial charge is 0.313 e. The predicted molar refractivity (Wildman–Crippen MR) is 110 cm³/mol. The van der Waals surface area contributed by atoms with Crippen LogP contribution in [-0.4, -0.2) is 21.7 Å². The fourth-order valence-electron chi connectivity index (χ4n) is 2.91. The van der Waals surface area contributed by atoms with Gasteiger partial charge in [0.1, 0.15) is 6.33 Å². The van der Waals surface area contributed by atoms with Gasteiger partial charge in [-0.2, -0.15) is 5.10 Å². The van der Waals surface area contributed by atoms with Gasteiger partial charge in [-0.15, -0.1) is 12.4 Å². The zero-order valence-electron chi connectivity index (χ0n) is 15.6. The maximum Gasteiger partial charge on any atom is 0.155 e. The summed E-state index contributed by atoms with van der Waals surface area (Å²) >= 11 is 0. The maximum atomic E-state index is 4.21. The molecule has 0 saturated carbocycles. The zero-order valence-corrected chi connectivity index (χ0v) is 16.4. The van der Waals surface area contributed by atoms with Crippen molar-refractivity contribution in [1.29, 1.82) is 0 Å². The molecular weight excluding hydrogens is 344 g/mol. The molecule has 26 heavy (non-hydrogen) atoms. The number of H-pyrrole nitrogens is 1. The average molecular weight is 371 g/mol. The Morgan fingerprint density at radius 3 is 2.38 bits per heavy atom. The van der Waals surface area contributed by atoms with Crippen LogP contribution in [0.5, 0.6) is 0 Å². The number of hydrogen-bond acceptors (Lipinski definition) is 3.